The largest absolute Gasteiger partial charge is 0.508 e. The second-order valence-electron chi connectivity index (χ2n) is 4.43. The Balaban J connectivity index is 2.86. The molecule has 2 heteroatoms. The fourth-order valence-corrected chi connectivity index (χ4v) is 1.71. The predicted octanol–water partition coefficient (Wildman–Crippen LogP) is 2.83. The molecular weight excluding hydrogens is 188 g/mol. The Kier molecular flexibility index (Phi) is 4.15. The lowest BCUT2D eigenvalue weighted by Gasteiger charge is -2.13. The Morgan fingerprint density at radius 1 is 1.20 bits per heavy atom. The Bertz CT molecular complexity index is 316. The molecule has 0 saturated heterocycles. The van der Waals surface area contributed by atoms with Gasteiger partial charge in [-0.3, -0.25) is 0 Å². The van der Waals surface area contributed by atoms with Crippen molar-refractivity contribution in [3.63, 3.8) is 0 Å². The zero-order chi connectivity index (χ0) is 11.4. The molecule has 1 unspecified atom stereocenters. The van der Waals surface area contributed by atoms with Crippen molar-refractivity contribution in [2.24, 2.45) is 0 Å². The molecule has 0 bridgehead atoms. The van der Waals surface area contributed by atoms with Crippen LogP contribution in [0.4, 0.5) is 0 Å². The highest BCUT2D eigenvalue weighted by atomic mass is 16.3. The highest BCUT2D eigenvalue weighted by Gasteiger charge is 2.08. The smallest absolute Gasteiger partial charge is 0.115 e. The summed E-state index contributed by atoms with van der Waals surface area (Å²) in [5, 5.41) is 18.7. The van der Waals surface area contributed by atoms with Gasteiger partial charge in [-0.15, -0.1) is 0 Å². The summed E-state index contributed by atoms with van der Waals surface area (Å²) in [7, 11) is 0. The molecular formula is C13H20O2. The van der Waals surface area contributed by atoms with Crippen molar-refractivity contribution >= 4 is 0 Å². The molecule has 1 aromatic rings. The minimum Gasteiger partial charge on any atom is -0.508 e. The molecule has 0 aliphatic rings. The van der Waals surface area contributed by atoms with E-state index in [0.29, 0.717) is 11.7 Å². The SMILES string of the molecule is CC(O)CCc1ccc(O)cc1C(C)C. The number of phenolic OH excluding ortho intramolecular Hbond substituents is 1. The van der Waals surface area contributed by atoms with E-state index in [2.05, 4.69) is 13.8 Å². The molecule has 0 fully saturated rings. The topological polar surface area (TPSA) is 40.5 Å². The lowest BCUT2D eigenvalue weighted by molar-refractivity contribution is 0.185. The second kappa shape index (κ2) is 5.17. The monoisotopic (exact) mass is 208 g/mol. The van der Waals surface area contributed by atoms with E-state index in [4.69, 9.17) is 0 Å². The van der Waals surface area contributed by atoms with E-state index >= 15 is 0 Å². The van der Waals surface area contributed by atoms with Gasteiger partial charge in [0.05, 0.1) is 6.10 Å². The number of hydrogen-bond acceptors (Lipinski definition) is 2. The average Bonchev–Trinajstić information content (AvgIpc) is 2.15. The van der Waals surface area contributed by atoms with Crippen molar-refractivity contribution in [1.29, 1.82) is 0 Å². The van der Waals surface area contributed by atoms with Gasteiger partial charge in [0.15, 0.2) is 0 Å². The number of aryl methyl sites for hydroxylation is 1. The molecule has 2 N–H and O–H groups in total. The van der Waals surface area contributed by atoms with Crippen LogP contribution in [0.2, 0.25) is 0 Å². The van der Waals surface area contributed by atoms with Gasteiger partial charge in [0, 0.05) is 0 Å². The first kappa shape index (κ1) is 12.1. The molecule has 0 heterocycles. The summed E-state index contributed by atoms with van der Waals surface area (Å²) in [6, 6.07) is 5.48. The third-order valence-corrected chi connectivity index (χ3v) is 2.58. The van der Waals surface area contributed by atoms with Crippen molar-refractivity contribution in [2.45, 2.75) is 45.6 Å². The van der Waals surface area contributed by atoms with E-state index in [1.165, 1.54) is 11.1 Å². The normalized spacial score (nSPS) is 13.1. The van der Waals surface area contributed by atoms with E-state index in [9.17, 15) is 10.2 Å². The van der Waals surface area contributed by atoms with Crippen molar-refractivity contribution < 1.29 is 10.2 Å². The highest BCUT2D eigenvalue weighted by Crippen LogP contribution is 2.25. The quantitative estimate of drug-likeness (QED) is 0.798. The molecule has 0 saturated carbocycles. The lowest BCUT2D eigenvalue weighted by Crippen LogP contribution is -2.04. The first-order chi connectivity index (χ1) is 7.00. The number of aliphatic hydroxyl groups excluding tert-OH is 1. The standard InChI is InChI=1S/C13H20O2/c1-9(2)13-8-12(15)7-6-11(13)5-4-10(3)14/h6-10,14-15H,4-5H2,1-3H3. The van der Waals surface area contributed by atoms with Gasteiger partial charge in [0.2, 0.25) is 0 Å². The maximum absolute atomic E-state index is 9.41. The van der Waals surface area contributed by atoms with Crippen LogP contribution in [-0.4, -0.2) is 16.3 Å². The molecule has 0 aliphatic heterocycles. The minimum absolute atomic E-state index is 0.265. The van der Waals surface area contributed by atoms with E-state index in [0.717, 1.165) is 12.8 Å². The minimum atomic E-state index is -0.265. The maximum Gasteiger partial charge on any atom is 0.115 e. The molecule has 1 aromatic carbocycles. The molecule has 0 aliphatic carbocycles. The van der Waals surface area contributed by atoms with Gasteiger partial charge in [-0.05, 0) is 48.9 Å². The van der Waals surface area contributed by atoms with Gasteiger partial charge in [0.1, 0.15) is 5.75 Å². The molecule has 1 rings (SSSR count). The molecule has 0 aromatic heterocycles. The van der Waals surface area contributed by atoms with Gasteiger partial charge in [-0.25, -0.2) is 0 Å². The van der Waals surface area contributed by atoms with Crippen LogP contribution in [0.1, 0.15) is 44.2 Å². The van der Waals surface area contributed by atoms with Crippen LogP contribution in [-0.2, 0) is 6.42 Å². The third-order valence-electron chi connectivity index (χ3n) is 2.58. The summed E-state index contributed by atoms with van der Waals surface area (Å²) in [6.07, 6.45) is 1.37. The second-order valence-corrected chi connectivity index (χ2v) is 4.43. The Hall–Kier alpha value is -1.02. The summed E-state index contributed by atoms with van der Waals surface area (Å²) in [6.45, 7) is 6.02. The number of rotatable bonds is 4. The average molecular weight is 208 g/mol. The summed E-state index contributed by atoms with van der Waals surface area (Å²) in [5.41, 5.74) is 2.40. The fraction of sp³-hybridized carbons (Fsp3) is 0.538. The van der Waals surface area contributed by atoms with Crippen molar-refractivity contribution in [3.8, 4) is 5.75 Å². The predicted molar refractivity (Wildman–Crippen MR) is 62.2 cm³/mol. The summed E-state index contributed by atoms with van der Waals surface area (Å²) in [4.78, 5) is 0. The Labute approximate surface area is 91.6 Å². The van der Waals surface area contributed by atoms with Crippen LogP contribution in [0, 0.1) is 0 Å². The molecule has 0 radical (unpaired) electrons. The molecule has 0 spiro atoms. The van der Waals surface area contributed by atoms with Crippen molar-refractivity contribution in [3.05, 3.63) is 29.3 Å². The Morgan fingerprint density at radius 3 is 2.40 bits per heavy atom. The summed E-state index contributed by atoms with van der Waals surface area (Å²) in [5.74, 6) is 0.723. The van der Waals surface area contributed by atoms with E-state index < -0.39 is 0 Å². The number of aliphatic hydroxyl groups is 1. The number of benzene rings is 1. The fourth-order valence-electron chi connectivity index (χ4n) is 1.71. The van der Waals surface area contributed by atoms with E-state index in [1.54, 1.807) is 13.0 Å². The van der Waals surface area contributed by atoms with Gasteiger partial charge in [0.25, 0.3) is 0 Å². The maximum atomic E-state index is 9.41. The van der Waals surface area contributed by atoms with Crippen LogP contribution in [0.3, 0.4) is 0 Å². The zero-order valence-electron chi connectivity index (χ0n) is 9.70. The van der Waals surface area contributed by atoms with Gasteiger partial charge in [-0.2, -0.15) is 0 Å². The lowest BCUT2D eigenvalue weighted by atomic mass is 9.93. The molecule has 2 nitrogen and oxygen atoms in total. The highest BCUT2D eigenvalue weighted by molar-refractivity contribution is 5.36. The van der Waals surface area contributed by atoms with E-state index in [-0.39, 0.29) is 6.10 Å². The van der Waals surface area contributed by atoms with Crippen LogP contribution < -0.4 is 0 Å². The Morgan fingerprint density at radius 2 is 1.87 bits per heavy atom. The van der Waals surface area contributed by atoms with Crippen molar-refractivity contribution in [2.75, 3.05) is 0 Å². The van der Waals surface area contributed by atoms with Crippen LogP contribution in [0.5, 0.6) is 5.75 Å². The first-order valence-corrected chi connectivity index (χ1v) is 5.50. The molecule has 15 heavy (non-hydrogen) atoms. The van der Waals surface area contributed by atoms with Crippen LogP contribution in [0.25, 0.3) is 0 Å². The molecule has 1 atom stereocenters. The number of hydrogen-bond donors (Lipinski definition) is 2. The molecule has 84 valence electrons. The third kappa shape index (κ3) is 3.56. The van der Waals surface area contributed by atoms with Gasteiger partial charge >= 0.3 is 0 Å². The number of aromatic hydroxyl groups is 1. The van der Waals surface area contributed by atoms with Crippen molar-refractivity contribution in [1.82, 2.24) is 0 Å². The van der Waals surface area contributed by atoms with E-state index in [1.807, 2.05) is 12.1 Å². The summed E-state index contributed by atoms with van der Waals surface area (Å²) >= 11 is 0. The van der Waals surface area contributed by atoms with Crippen LogP contribution >= 0.6 is 0 Å². The first-order valence-electron chi connectivity index (χ1n) is 5.50. The summed E-state index contributed by atoms with van der Waals surface area (Å²) < 4.78 is 0. The number of phenols is 1. The molecule has 0 amide bonds. The van der Waals surface area contributed by atoms with Gasteiger partial charge < -0.3 is 10.2 Å². The zero-order valence-corrected chi connectivity index (χ0v) is 9.70. The van der Waals surface area contributed by atoms with Crippen LogP contribution in [0.15, 0.2) is 18.2 Å². The van der Waals surface area contributed by atoms with Gasteiger partial charge in [-0.1, -0.05) is 19.9 Å².